The van der Waals surface area contributed by atoms with Gasteiger partial charge < -0.3 is 5.32 Å². The summed E-state index contributed by atoms with van der Waals surface area (Å²) < 4.78 is 0. The van der Waals surface area contributed by atoms with Crippen molar-refractivity contribution in [2.24, 2.45) is 17.8 Å². The summed E-state index contributed by atoms with van der Waals surface area (Å²) in [7, 11) is 0. The van der Waals surface area contributed by atoms with Crippen molar-refractivity contribution >= 4 is 5.91 Å². The minimum Gasteiger partial charge on any atom is -0.352 e. The number of benzene rings is 2. The molecule has 1 saturated carbocycles. The molecule has 1 aliphatic carbocycles. The van der Waals surface area contributed by atoms with E-state index < -0.39 is 0 Å². The predicted molar refractivity (Wildman–Crippen MR) is 119 cm³/mol. The molecule has 0 aromatic heterocycles. The highest BCUT2D eigenvalue weighted by atomic mass is 16.2. The van der Waals surface area contributed by atoms with Crippen LogP contribution in [0.3, 0.4) is 0 Å². The summed E-state index contributed by atoms with van der Waals surface area (Å²) in [5.74, 6) is 1.73. The molecule has 1 unspecified atom stereocenters. The summed E-state index contributed by atoms with van der Waals surface area (Å²) in [6.07, 6.45) is 2.36. The second kappa shape index (κ2) is 8.71. The number of likely N-dealkylation sites (tertiary alicyclic amines) is 1. The molecule has 3 heteroatoms. The van der Waals surface area contributed by atoms with Crippen LogP contribution in [0.5, 0.6) is 0 Å². The molecule has 1 amide bonds. The van der Waals surface area contributed by atoms with Crippen LogP contribution in [0.2, 0.25) is 0 Å². The average molecular weight is 391 g/mol. The molecule has 2 aromatic rings. The number of hydrogen-bond acceptors (Lipinski definition) is 2. The van der Waals surface area contributed by atoms with Gasteiger partial charge in [-0.25, -0.2) is 0 Å². The van der Waals surface area contributed by atoms with Gasteiger partial charge in [-0.05, 0) is 48.6 Å². The van der Waals surface area contributed by atoms with Gasteiger partial charge in [0.25, 0.3) is 0 Å². The third-order valence-corrected chi connectivity index (χ3v) is 6.86. The number of rotatable bonds is 6. The standard InChI is InChI=1S/C26H34N2O/c1-18(2)25(21-10-5-4-6-11-21)26(29)27-24-13-12-22-16-28(17-23(22)24)15-20-9-7-8-19(3)14-20/h4-11,14,18,22-25H,12-13,15-17H2,1-3H3,(H,27,29)/t22-,23+,24+,25?/m1/s1. The molecule has 2 fully saturated rings. The Hall–Kier alpha value is -2.13. The first kappa shape index (κ1) is 20.2. The fourth-order valence-corrected chi connectivity index (χ4v) is 5.51. The van der Waals surface area contributed by atoms with E-state index in [2.05, 4.69) is 67.4 Å². The molecule has 2 aliphatic rings. The molecular weight excluding hydrogens is 356 g/mol. The van der Waals surface area contributed by atoms with Crippen molar-refractivity contribution in [1.29, 1.82) is 0 Å². The largest absolute Gasteiger partial charge is 0.352 e. The Labute approximate surface area is 175 Å². The van der Waals surface area contributed by atoms with E-state index in [0.717, 1.165) is 37.5 Å². The molecule has 1 heterocycles. The lowest BCUT2D eigenvalue weighted by Gasteiger charge is -2.26. The van der Waals surface area contributed by atoms with E-state index in [1.165, 1.54) is 17.5 Å². The van der Waals surface area contributed by atoms with Crippen molar-refractivity contribution in [3.8, 4) is 0 Å². The summed E-state index contributed by atoms with van der Waals surface area (Å²) in [5, 5.41) is 3.46. The Morgan fingerprint density at radius 2 is 1.86 bits per heavy atom. The van der Waals surface area contributed by atoms with Crippen molar-refractivity contribution in [2.75, 3.05) is 13.1 Å². The van der Waals surface area contributed by atoms with E-state index in [4.69, 9.17) is 0 Å². The van der Waals surface area contributed by atoms with Gasteiger partial charge in [0, 0.05) is 25.7 Å². The van der Waals surface area contributed by atoms with Gasteiger partial charge in [-0.3, -0.25) is 9.69 Å². The number of carbonyl (C=O) groups excluding carboxylic acids is 1. The number of nitrogens with one attached hydrogen (secondary N) is 1. The molecule has 154 valence electrons. The second-order valence-corrected chi connectivity index (χ2v) is 9.43. The van der Waals surface area contributed by atoms with Crippen molar-refractivity contribution in [3.05, 3.63) is 71.3 Å². The monoisotopic (exact) mass is 390 g/mol. The van der Waals surface area contributed by atoms with Crippen LogP contribution in [0.15, 0.2) is 54.6 Å². The highest BCUT2D eigenvalue weighted by molar-refractivity contribution is 5.84. The number of fused-ring (bicyclic) bond motifs is 1. The van der Waals surface area contributed by atoms with Crippen LogP contribution in [0.4, 0.5) is 0 Å². The number of nitrogens with zero attached hydrogens (tertiary/aromatic N) is 1. The summed E-state index contributed by atoms with van der Waals surface area (Å²) in [6, 6.07) is 19.4. The zero-order valence-electron chi connectivity index (χ0n) is 18.0. The van der Waals surface area contributed by atoms with Gasteiger partial charge in [-0.2, -0.15) is 0 Å². The van der Waals surface area contributed by atoms with Crippen LogP contribution in [0.25, 0.3) is 0 Å². The van der Waals surface area contributed by atoms with Crippen molar-refractivity contribution in [3.63, 3.8) is 0 Å². The first-order valence-corrected chi connectivity index (χ1v) is 11.1. The fourth-order valence-electron chi connectivity index (χ4n) is 5.51. The maximum Gasteiger partial charge on any atom is 0.228 e. The molecule has 0 bridgehead atoms. The third kappa shape index (κ3) is 4.56. The zero-order valence-corrected chi connectivity index (χ0v) is 18.0. The molecule has 0 spiro atoms. The van der Waals surface area contributed by atoms with Crippen molar-refractivity contribution < 1.29 is 4.79 Å². The molecule has 0 radical (unpaired) electrons. The minimum atomic E-state index is -0.0694. The normalized spacial score (nSPS) is 25.2. The van der Waals surface area contributed by atoms with Crippen LogP contribution in [0.1, 0.15) is 49.3 Å². The Bertz CT molecular complexity index is 832. The smallest absolute Gasteiger partial charge is 0.228 e. The lowest BCUT2D eigenvalue weighted by atomic mass is 9.87. The fraction of sp³-hybridized carbons (Fsp3) is 0.500. The third-order valence-electron chi connectivity index (χ3n) is 6.86. The minimum absolute atomic E-state index is 0.0694. The summed E-state index contributed by atoms with van der Waals surface area (Å²) in [5.41, 5.74) is 3.85. The van der Waals surface area contributed by atoms with Gasteiger partial charge in [0.15, 0.2) is 0 Å². The van der Waals surface area contributed by atoms with Gasteiger partial charge in [0.2, 0.25) is 5.91 Å². The van der Waals surface area contributed by atoms with E-state index in [-0.39, 0.29) is 17.7 Å². The van der Waals surface area contributed by atoms with Crippen LogP contribution >= 0.6 is 0 Å². The van der Waals surface area contributed by atoms with Gasteiger partial charge in [0.05, 0.1) is 5.92 Å². The SMILES string of the molecule is Cc1cccc(CN2C[C@H]3CC[C@H](NC(=O)C(c4ccccc4)C(C)C)[C@H]3C2)c1. The first-order chi connectivity index (χ1) is 14.0. The van der Waals surface area contributed by atoms with E-state index in [9.17, 15) is 4.79 Å². The first-order valence-electron chi connectivity index (χ1n) is 11.1. The molecule has 4 atom stereocenters. The van der Waals surface area contributed by atoms with Gasteiger partial charge in [-0.15, -0.1) is 0 Å². The molecule has 1 aliphatic heterocycles. The lowest BCUT2D eigenvalue weighted by Crippen LogP contribution is -2.43. The van der Waals surface area contributed by atoms with Crippen LogP contribution in [-0.2, 0) is 11.3 Å². The molecular formula is C26H34N2O. The highest BCUT2D eigenvalue weighted by Gasteiger charge is 2.43. The molecule has 4 rings (SSSR count). The van der Waals surface area contributed by atoms with Gasteiger partial charge in [0.1, 0.15) is 0 Å². The second-order valence-electron chi connectivity index (χ2n) is 9.43. The maximum absolute atomic E-state index is 13.2. The van der Waals surface area contributed by atoms with Gasteiger partial charge in [-0.1, -0.05) is 74.0 Å². The average Bonchev–Trinajstić information content (AvgIpc) is 3.24. The van der Waals surface area contributed by atoms with Gasteiger partial charge >= 0.3 is 0 Å². The van der Waals surface area contributed by atoms with E-state index >= 15 is 0 Å². The van der Waals surface area contributed by atoms with Crippen LogP contribution in [-0.4, -0.2) is 29.9 Å². The molecule has 3 nitrogen and oxygen atoms in total. The van der Waals surface area contributed by atoms with E-state index in [1.807, 2.05) is 18.2 Å². The Kier molecular flexibility index (Phi) is 6.05. The molecule has 1 saturated heterocycles. The summed E-state index contributed by atoms with van der Waals surface area (Å²) >= 11 is 0. The predicted octanol–water partition coefficient (Wildman–Crippen LogP) is 4.76. The zero-order chi connectivity index (χ0) is 20.4. The lowest BCUT2D eigenvalue weighted by molar-refractivity contribution is -0.124. The molecule has 29 heavy (non-hydrogen) atoms. The number of hydrogen-bond donors (Lipinski definition) is 1. The number of carbonyl (C=O) groups is 1. The summed E-state index contributed by atoms with van der Waals surface area (Å²) in [6.45, 7) is 9.74. The number of amides is 1. The Morgan fingerprint density at radius 3 is 2.59 bits per heavy atom. The highest BCUT2D eigenvalue weighted by Crippen LogP contribution is 2.39. The summed E-state index contributed by atoms with van der Waals surface area (Å²) in [4.78, 5) is 15.8. The van der Waals surface area contributed by atoms with E-state index in [0.29, 0.717) is 12.0 Å². The number of aryl methyl sites for hydroxylation is 1. The Balaban J connectivity index is 1.39. The van der Waals surface area contributed by atoms with Crippen molar-refractivity contribution in [1.82, 2.24) is 10.2 Å². The van der Waals surface area contributed by atoms with E-state index in [1.54, 1.807) is 0 Å². The molecule has 1 N–H and O–H groups in total. The molecule has 2 aromatic carbocycles. The van der Waals surface area contributed by atoms with Crippen LogP contribution in [0, 0.1) is 24.7 Å². The quantitative estimate of drug-likeness (QED) is 0.771. The topological polar surface area (TPSA) is 32.3 Å². The van der Waals surface area contributed by atoms with Crippen LogP contribution < -0.4 is 5.32 Å². The maximum atomic E-state index is 13.2. The Morgan fingerprint density at radius 1 is 1.07 bits per heavy atom. The van der Waals surface area contributed by atoms with Crippen molar-refractivity contribution in [2.45, 2.75) is 52.1 Å².